The van der Waals surface area contributed by atoms with E-state index >= 15 is 0 Å². The number of benzene rings is 1. The largest absolute Gasteiger partial charge is 0.493 e. The summed E-state index contributed by atoms with van der Waals surface area (Å²) in [6.07, 6.45) is 3.83. The summed E-state index contributed by atoms with van der Waals surface area (Å²) in [4.78, 5) is 21.5. The van der Waals surface area contributed by atoms with Crippen LogP contribution in [0.4, 0.5) is 5.69 Å². The van der Waals surface area contributed by atoms with E-state index in [1.54, 1.807) is 42.5 Å². The summed E-state index contributed by atoms with van der Waals surface area (Å²) in [6, 6.07) is 6.75. The van der Waals surface area contributed by atoms with E-state index in [1.807, 2.05) is 4.90 Å². The summed E-state index contributed by atoms with van der Waals surface area (Å²) >= 11 is 0. The lowest BCUT2D eigenvalue weighted by atomic mass is 10.2. The summed E-state index contributed by atoms with van der Waals surface area (Å²) in [5.74, 6) is 1.61. The highest BCUT2D eigenvalue weighted by atomic mass is 32.2. The monoisotopic (exact) mass is 432 g/mol. The van der Waals surface area contributed by atoms with Gasteiger partial charge >= 0.3 is 0 Å². The van der Waals surface area contributed by atoms with Gasteiger partial charge in [0.2, 0.25) is 5.96 Å². The third-order valence-electron chi connectivity index (χ3n) is 5.15. The Hall–Kier alpha value is -3.01. The molecule has 9 nitrogen and oxygen atoms in total. The Balaban J connectivity index is 1.60. The molecule has 2 aliphatic heterocycles. The van der Waals surface area contributed by atoms with Crippen LogP contribution < -0.4 is 9.47 Å². The molecule has 2 aromatic rings. The van der Waals surface area contributed by atoms with Crippen LogP contribution in [0.2, 0.25) is 0 Å². The van der Waals surface area contributed by atoms with Crippen molar-refractivity contribution in [3.05, 3.63) is 36.3 Å². The fourth-order valence-corrected chi connectivity index (χ4v) is 4.96. The van der Waals surface area contributed by atoms with Crippen molar-refractivity contribution in [3.63, 3.8) is 0 Å². The summed E-state index contributed by atoms with van der Waals surface area (Å²) in [5, 5.41) is 0. The molecule has 4 rings (SSSR count). The molecule has 0 N–H and O–H groups in total. The van der Waals surface area contributed by atoms with E-state index in [0.29, 0.717) is 60.0 Å². The van der Waals surface area contributed by atoms with Gasteiger partial charge in [0.25, 0.3) is 5.91 Å². The van der Waals surface area contributed by atoms with E-state index in [0.717, 1.165) is 6.42 Å². The minimum Gasteiger partial charge on any atom is -0.493 e. The Bertz CT molecular complexity index is 1100. The molecule has 1 fully saturated rings. The highest BCUT2D eigenvalue weighted by Crippen LogP contribution is 2.39. The number of amides is 1. The van der Waals surface area contributed by atoms with E-state index in [1.165, 1.54) is 13.4 Å². The summed E-state index contributed by atoms with van der Waals surface area (Å²) in [6.45, 7) is 2.29. The van der Waals surface area contributed by atoms with E-state index in [9.17, 15) is 9.00 Å². The Morgan fingerprint density at radius 3 is 2.60 bits per heavy atom. The molecule has 1 atom stereocenters. The number of rotatable bonds is 3. The van der Waals surface area contributed by atoms with Gasteiger partial charge in [0.1, 0.15) is 0 Å². The fourth-order valence-electron chi connectivity index (χ4n) is 3.58. The number of nitrogens with zero attached hydrogens (tertiary/aromatic N) is 4. The molecule has 1 amide bonds. The number of aliphatic imine (C=N–C) groups is 1. The lowest BCUT2D eigenvalue weighted by Gasteiger charge is -2.25. The van der Waals surface area contributed by atoms with Crippen LogP contribution in [-0.2, 0) is 9.73 Å². The quantitative estimate of drug-likeness (QED) is 0.740. The van der Waals surface area contributed by atoms with Crippen molar-refractivity contribution in [2.45, 2.75) is 11.3 Å². The van der Waals surface area contributed by atoms with Gasteiger partial charge in [0, 0.05) is 44.6 Å². The van der Waals surface area contributed by atoms with Gasteiger partial charge in [-0.15, -0.1) is 0 Å². The van der Waals surface area contributed by atoms with Gasteiger partial charge in [0.05, 0.1) is 40.8 Å². The number of fused-ring (bicyclic) bond motifs is 1. The highest BCUT2D eigenvalue weighted by Gasteiger charge is 2.27. The molecule has 1 aromatic carbocycles. The Morgan fingerprint density at radius 1 is 1.13 bits per heavy atom. The maximum absolute atomic E-state index is 13.3. The van der Waals surface area contributed by atoms with Crippen molar-refractivity contribution in [3.8, 4) is 11.5 Å². The standard InChI is InChI=1S/C20H24N4O5S/c1-27-16-12-14-18(13-17(16)28-2)30(3,26)22-20(21-14)24-8-5-7-23(9-10-24)19(25)15-6-4-11-29-15/h4,6,11-13H,5,7-10H2,1-3H3. The van der Waals surface area contributed by atoms with Crippen LogP contribution in [-0.4, -0.2) is 72.5 Å². The second kappa shape index (κ2) is 8.02. The summed E-state index contributed by atoms with van der Waals surface area (Å²) in [7, 11) is 0.374. The van der Waals surface area contributed by atoms with Gasteiger partial charge < -0.3 is 23.7 Å². The molecule has 2 aliphatic rings. The van der Waals surface area contributed by atoms with Gasteiger partial charge in [-0.25, -0.2) is 9.20 Å². The molecule has 160 valence electrons. The van der Waals surface area contributed by atoms with Crippen molar-refractivity contribution in [2.24, 2.45) is 9.36 Å². The van der Waals surface area contributed by atoms with Crippen molar-refractivity contribution in [2.75, 3.05) is 46.7 Å². The van der Waals surface area contributed by atoms with Crippen molar-refractivity contribution in [1.29, 1.82) is 0 Å². The smallest absolute Gasteiger partial charge is 0.289 e. The number of hydrogen-bond acceptors (Lipinski definition) is 8. The van der Waals surface area contributed by atoms with Crippen LogP contribution in [0.5, 0.6) is 11.5 Å². The molecule has 0 spiro atoms. The van der Waals surface area contributed by atoms with E-state index in [2.05, 4.69) is 9.36 Å². The first-order valence-electron chi connectivity index (χ1n) is 9.57. The number of guanidine groups is 1. The van der Waals surface area contributed by atoms with E-state index in [4.69, 9.17) is 13.9 Å². The third-order valence-corrected chi connectivity index (χ3v) is 6.80. The Labute approximate surface area is 175 Å². The van der Waals surface area contributed by atoms with Gasteiger partial charge in [0.15, 0.2) is 17.3 Å². The lowest BCUT2D eigenvalue weighted by molar-refractivity contribution is 0.0732. The SMILES string of the molecule is COc1cc2c(cc1OC)S(C)(=O)=NC(N1CCCN(C(=O)c3ccco3)CC1)=N2. The van der Waals surface area contributed by atoms with Crippen molar-refractivity contribution >= 4 is 27.3 Å². The molecule has 1 saturated heterocycles. The zero-order chi connectivity index (χ0) is 21.3. The molecule has 1 aromatic heterocycles. The van der Waals surface area contributed by atoms with Crippen molar-refractivity contribution in [1.82, 2.24) is 9.80 Å². The minimum atomic E-state index is -2.70. The van der Waals surface area contributed by atoms with Gasteiger partial charge in [-0.1, -0.05) is 0 Å². The summed E-state index contributed by atoms with van der Waals surface area (Å²) < 4.78 is 33.7. The second-order valence-electron chi connectivity index (χ2n) is 7.09. The molecular weight excluding hydrogens is 408 g/mol. The van der Waals surface area contributed by atoms with Crippen LogP contribution in [0.25, 0.3) is 0 Å². The maximum atomic E-state index is 13.3. The lowest BCUT2D eigenvalue weighted by Crippen LogP contribution is -2.37. The maximum Gasteiger partial charge on any atom is 0.289 e. The molecule has 0 saturated carbocycles. The zero-order valence-electron chi connectivity index (χ0n) is 17.2. The van der Waals surface area contributed by atoms with Crippen LogP contribution >= 0.6 is 0 Å². The predicted molar refractivity (Wildman–Crippen MR) is 112 cm³/mol. The number of furan rings is 1. The molecular formula is C20H24N4O5S. The average Bonchev–Trinajstić information content (AvgIpc) is 3.16. The average molecular weight is 433 g/mol. The van der Waals surface area contributed by atoms with Crippen LogP contribution in [0.3, 0.4) is 0 Å². The summed E-state index contributed by atoms with van der Waals surface area (Å²) in [5.41, 5.74) is 0.554. The number of carbonyl (C=O) groups is 1. The normalized spacial score (nSPS) is 21.2. The van der Waals surface area contributed by atoms with Gasteiger partial charge in [-0.2, -0.15) is 4.36 Å². The second-order valence-corrected chi connectivity index (χ2v) is 9.32. The van der Waals surface area contributed by atoms with Gasteiger partial charge in [-0.05, 0) is 18.6 Å². The Kier molecular flexibility index (Phi) is 5.42. The van der Waals surface area contributed by atoms with Crippen LogP contribution in [0.1, 0.15) is 17.0 Å². The number of hydrogen-bond donors (Lipinski definition) is 0. The van der Waals surface area contributed by atoms with E-state index < -0.39 is 9.73 Å². The topological polar surface area (TPSA) is 96.9 Å². The van der Waals surface area contributed by atoms with Crippen LogP contribution in [0, 0.1) is 0 Å². The molecule has 0 bridgehead atoms. The first kappa shape index (κ1) is 20.3. The van der Waals surface area contributed by atoms with Crippen LogP contribution in [0.15, 0.2) is 49.2 Å². The van der Waals surface area contributed by atoms with Crippen molar-refractivity contribution < 1.29 is 22.9 Å². The molecule has 10 heteroatoms. The zero-order valence-corrected chi connectivity index (χ0v) is 18.0. The first-order valence-corrected chi connectivity index (χ1v) is 11.5. The molecule has 0 radical (unpaired) electrons. The minimum absolute atomic E-state index is 0.133. The predicted octanol–water partition coefficient (Wildman–Crippen LogP) is 2.60. The fraction of sp³-hybridized carbons (Fsp3) is 0.400. The number of carbonyl (C=O) groups excluding carboxylic acids is 1. The van der Waals surface area contributed by atoms with Gasteiger partial charge in [-0.3, -0.25) is 4.79 Å². The molecule has 30 heavy (non-hydrogen) atoms. The number of methoxy groups -OCH3 is 2. The number of ether oxygens (including phenoxy) is 2. The van der Waals surface area contributed by atoms with E-state index in [-0.39, 0.29) is 5.91 Å². The highest BCUT2D eigenvalue weighted by molar-refractivity contribution is 7.93. The molecule has 0 aliphatic carbocycles. The Morgan fingerprint density at radius 2 is 1.90 bits per heavy atom. The third kappa shape index (κ3) is 3.74. The first-order chi connectivity index (χ1) is 14.4. The molecule has 3 heterocycles. The molecule has 1 unspecified atom stereocenters.